The highest BCUT2D eigenvalue weighted by Gasteiger charge is 2.58. The quantitative estimate of drug-likeness (QED) is 0.605. The van der Waals surface area contributed by atoms with Gasteiger partial charge in [0.05, 0.1) is 0 Å². The number of rotatable bonds is 2. The molecule has 0 heterocycles. The molecule has 0 aromatic rings. The zero-order chi connectivity index (χ0) is 17.3. The van der Waals surface area contributed by atoms with E-state index in [1.165, 1.54) is 38.5 Å². The topological polar surface area (TPSA) is 28.2 Å². The Hall–Kier alpha value is -0.0800. The summed E-state index contributed by atoms with van der Waals surface area (Å²) in [6.45, 7) is 10.0. The van der Waals surface area contributed by atoms with E-state index in [-0.39, 0.29) is 11.1 Å². The van der Waals surface area contributed by atoms with Crippen LogP contribution in [0.1, 0.15) is 66.2 Å². The first-order valence-electron chi connectivity index (χ1n) is 10.6. The molecule has 4 saturated carbocycles. The van der Waals surface area contributed by atoms with Crippen LogP contribution in [0.5, 0.6) is 0 Å². The molecule has 0 N–H and O–H groups in total. The molecule has 138 valence electrons. The molecule has 2 heteroatoms. The lowest BCUT2D eigenvalue weighted by molar-refractivity contribution is -0.140. The fourth-order valence-corrected chi connectivity index (χ4v) is 8.15. The summed E-state index contributed by atoms with van der Waals surface area (Å²) < 4.78 is 0. The fourth-order valence-electron chi connectivity index (χ4n) is 8.15. The molecule has 0 spiro atoms. The van der Waals surface area contributed by atoms with Crippen LogP contribution in [0.4, 0.5) is 0 Å². The Bertz CT molecular complexity index is 490. The van der Waals surface area contributed by atoms with Gasteiger partial charge >= 0.3 is 0 Å². The molecule has 0 aromatic carbocycles. The van der Waals surface area contributed by atoms with Gasteiger partial charge in [0, 0.05) is 0 Å². The second-order valence-electron chi connectivity index (χ2n) is 10.3. The summed E-state index contributed by atoms with van der Waals surface area (Å²) in [5.41, 5.74) is 0.477. The van der Waals surface area contributed by atoms with Crippen LogP contribution in [0.15, 0.2) is 0 Å². The van der Waals surface area contributed by atoms with Crippen molar-refractivity contribution in [3.05, 3.63) is 10.6 Å². The Morgan fingerprint density at radius 3 is 2.21 bits per heavy atom. The first-order chi connectivity index (χ1) is 11.3. The van der Waals surface area contributed by atoms with E-state index >= 15 is 0 Å². The molecule has 0 aromatic heterocycles. The Morgan fingerprint density at radius 1 is 0.833 bits per heavy atom. The van der Waals surface area contributed by atoms with Crippen molar-refractivity contribution >= 4 is 0 Å². The monoisotopic (exact) mass is 330 g/mol. The van der Waals surface area contributed by atoms with Gasteiger partial charge in [-0.1, -0.05) is 65.2 Å². The summed E-state index contributed by atoms with van der Waals surface area (Å²) in [7, 11) is 4.16. The van der Waals surface area contributed by atoms with Crippen molar-refractivity contribution in [2.45, 2.75) is 77.3 Å². The van der Waals surface area contributed by atoms with Crippen LogP contribution < -0.4 is 0 Å². The van der Waals surface area contributed by atoms with E-state index in [1.54, 1.807) is 0 Å². The predicted octanol–water partition coefficient (Wildman–Crippen LogP) is 5.88. The van der Waals surface area contributed by atoms with Crippen molar-refractivity contribution < 1.29 is 0 Å². The first-order valence-corrected chi connectivity index (χ1v) is 10.6. The van der Waals surface area contributed by atoms with Crippen LogP contribution in [0.3, 0.4) is 0 Å². The maximum absolute atomic E-state index is 4.96. The summed E-state index contributed by atoms with van der Waals surface area (Å²) in [4.78, 5) is 0. The molecule has 4 aliphatic rings. The van der Waals surface area contributed by atoms with Crippen LogP contribution in [0.25, 0.3) is 10.6 Å². The van der Waals surface area contributed by atoms with Crippen LogP contribution >= 0.6 is 0 Å². The van der Waals surface area contributed by atoms with E-state index in [0.717, 1.165) is 47.3 Å². The summed E-state index contributed by atoms with van der Waals surface area (Å²) in [6, 6.07) is 0. The van der Waals surface area contributed by atoms with Crippen LogP contribution in [0.2, 0.25) is 0 Å². The molecule has 0 saturated heterocycles. The van der Waals surface area contributed by atoms with E-state index in [0.29, 0.717) is 0 Å². The van der Waals surface area contributed by atoms with Gasteiger partial charge in [-0.05, 0) is 48.3 Å². The lowest BCUT2D eigenvalue weighted by Gasteiger charge is -2.71. The van der Waals surface area contributed by atoms with Gasteiger partial charge < -0.3 is 10.6 Å². The smallest absolute Gasteiger partial charge is 0.0322 e. The van der Waals surface area contributed by atoms with Gasteiger partial charge in [0.15, 0.2) is 0 Å². The number of nitrogens with zero attached hydrogens (tertiary/aromatic N) is 2. The van der Waals surface area contributed by atoms with Crippen molar-refractivity contribution in [2.24, 2.45) is 47.3 Å². The molecule has 0 bridgehead atoms. The van der Waals surface area contributed by atoms with Crippen molar-refractivity contribution in [2.75, 3.05) is 14.1 Å². The molecule has 10 atom stereocenters. The van der Waals surface area contributed by atoms with Crippen LogP contribution in [-0.2, 0) is 0 Å². The van der Waals surface area contributed by atoms with Crippen molar-refractivity contribution in [3.63, 3.8) is 0 Å². The number of hydrogen-bond donors (Lipinski definition) is 0. The number of hydrogen-bond acceptors (Lipinski definition) is 0. The molecular weight excluding hydrogens is 292 g/mol. The van der Waals surface area contributed by atoms with Gasteiger partial charge in [0.2, 0.25) is 0 Å². The minimum atomic E-state index is 0.221. The van der Waals surface area contributed by atoms with Crippen molar-refractivity contribution in [1.29, 1.82) is 0 Å². The standard InChI is InChI=1S/C22H38N2/c1-13-11-15-12-22(4,24-6)14(2)17-7-8-18-20(19(15)17)16(13)9-10-21(18,3)23-5/h13-20H,7-12H2,1-6H3/q-2/t13-,14-,15-,16+,17+,18-,19+,20+,21-,22+/m0/s1. The third kappa shape index (κ3) is 2.21. The second-order valence-corrected chi connectivity index (χ2v) is 10.3. The molecule has 24 heavy (non-hydrogen) atoms. The largest absolute Gasteiger partial charge is 0.659 e. The summed E-state index contributed by atoms with van der Waals surface area (Å²) >= 11 is 0. The van der Waals surface area contributed by atoms with Gasteiger partial charge in [-0.3, -0.25) is 0 Å². The molecule has 4 rings (SSSR count). The van der Waals surface area contributed by atoms with Gasteiger partial charge in [0.25, 0.3) is 0 Å². The SMILES string of the molecule is C[N-][C@]1(C)C[C@@H]2C[C@H](C)[C@H]3CC[C@](C)([N-]C)[C@H]4CC[C@@H]([C@@H]2[C@H]34)[C@@H]1C. The summed E-state index contributed by atoms with van der Waals surface area (Å²) in [6.07, 6.45) is 8.41. The Morgan fingerprint density at radius 2 is 1.54 bits per heavy atom. The Balaban J connectivity index is 1.73. The van der Waals surface area contributed by atoms with E-state index in [2.05, 4.69) is 41.8 Å². The van der Waals surface area contributed by atoms with Gasteiger partial charge in [-0.15, -0.1) is 11.1 Å². The van der Waals surface area contributed by atoms with Crippen LogP contribution in [0, 0.1) is 47.3 Å². The second kappa shape index (κ2) is 5.71. The first kappa shape index (κ1) is 17.3. The maximum Gasteiger partial charge on any atom is -0.0322 e. The van der Waals surface area contributed by atoms with Crippen molar-refractivity contribution in [1.82, 2.24) is 0 Å². The lowest BCUT2D eigenvalue weighted by atomic mass is 9.41. The van der Waals surface area contributed by atoms with Gasteiger partial charge in [-0.2, -0.15) is 14.1 Å². The normalized spacial score (nSPS) is 59.8. The minimum Gasteiger partial charge on any atom is -0.659 e. The van der Waals surface area contributed by atoms with E-state index in [9.17, 15) is 0 Å². The third-order valence-electron chi connectivity index (χ3n) is 9.76. The average Bonchev–Trinajstić information content (AvgIpc) is 2.58. The fraction of sp³-hybridized carbons (Fsp3) is 1.00. The molecule has 0 aliphatic heterocycles. The highest BCUT2D eigenvalue weighted by atomic mass is 15.0. The highest BCUT2D eigenvalue weighted by Crippen LogP contribution is 2.66. The molecular formula is C22H38N2-2. The zero-order valence-electron chi connectivity index (χ0n) is 16.8. The molecule has 2 nitrogen and oxygen atoms in total. The Labute approximate surface area is 149 Å². The van der Waals surface area contributed by atoms with E-state index in [4.69, 9.17) is 10.6 Å². The Kier molecular flexibility index (Phi) is 4.12. The van der Waals surface area contributed by atoms with E-state index in [1.807, 2.05) is 0 Å². The summed E-state index contributed by atoms with van der Waals surface area (Å²) in [5, 5.41) is 9.88. The van der Waals surface area contributed by atoms with Gasteiger partial charge in [0.1, 0.15) is 0 Å². The third-order valence-corrected chi connectivity index (χ3v) is 9.76. The molecule has 0 radical (unpaired) electrons. The van der Waals surface area contributed by atoms with Crippen molar-refractivity contribution in [3.8, 4) is 0 Å². The van der Waals surface area contributed by atoms with Gasteiger partial charge in [-0.25, -0.2) is 0 Å². The predicted molar refractivity (Wildman–Crippen MR) is 102 cm³/mol. The molecule has 4 fully saturated rings. The highest BCUT2D eigenvalue weighted by molar-refractivity contribution is 5.20. The molecule has 4 aliphatic carbocycles. The minimum absolute atomic E-state index is 0.221. The maximum atomic E-state index is 4.96. The summed E-state index contributed by atoms with van der Waals surface area (Å²) in [5.74, 6) is 7.23. The lowest BCUT2D eigenvalue weighted by Crippen LogP contribution is -2.62. The van der Waals surface area contributed by atoms with E-state index < -0.39 is 0 Å². The average molecular weight is 331 g/mol. The molecule has 0 unspecified atom stereocenters. The van der Waals surface area contributed by atoms with Crippen LogP contribution in [-0.4, -0.2) is 25.2 Å². The zero-order valence-corrected chi connectivity index (χ0v) is 16.8. The molecule has 0 amide bonds.